The Bertz CT molecular complexity index is 715. The third-order valence-electron chi connectivity index (χ3n) is 8.67. The molecule has 0 saturated heterocycles. The largest absolute Gasteiger partial charge is 0.393 e. The van der Waals surface area contributed by atoms with Crippen molar-refractivity contribution >= 4 is 11.6 Å². The third kappa shape index (κ3) is 2.33. The number of carbonyl (C=O) groups is 2. The molecule has 4 aliphatic carbocycles. The second-order valence-electron chi connectivity index (χ2n) is 9.70. The maximum atomic E-state index is 12.4. The second-order valence-corrected chi connectivity index (χ2v) is 9.70. The van der Waals surface area contributed by atoms with E-state index in [1.165, 1.54) is 0 Å². The number of aliphatic hydroxyl groups excluding tert-OH is 3. The van der Waals surface area contributed by atoms with Crippen LogP contribution in [0.3, 0.4) is 0 Å². The Labute approximate surface area is 159 Å². The molecule has 0 aliphatic heterocycles. The van der Waals surface area contributed by atoms with E-state index < -0.39 is 41.0 Å². The minimum absolute atomic E-state index is 0.0166. The van der Waals surface area contributed by atoms with Gasteiger partial charge in [-0.1, -0.05) is 13.8 Å². The molecule has 8 atom stereocenters. The van der Waals surface area contributed by atoms with Crippen LogP contribution in [-0.2, 0) is 9.59 Å². The summed E-state index contributed by atoms with van der Waals surface area (Å²) in [4.78, 5) is 24.3. The monoisotopic (exact) mass is 378 g/mol. The maximum Gasteiger partial charge on any atom is 0.190 e. The fourth-order valence-electron chi connectivity index (χ4n) is 7.33. The number of carbonyl (C=O) groups excluding carboxylic acids is 2. The van der Waals surface area contributed by atoms with Gasteiger partial charge in [-0.25, -0.2) is 0 Å². The minimum atomic E-state index is -1.64. The summed E-state index contributed by atoms with van der Waals surface area (Å²) in [7, 11) is 0. The Balaban J connectivity index is 1.77. The van der Waals surface area contributed by atoms with E-state index in [4.69, 9.17) is 0 Å². The van der Waals surface area contributed by atoms with Crippen LogP contribution in [0.1, 0.15) is 52.4 Å². The molecule has 0 aromatic carbocycles. The first-order valence-corrected chi connectivity index (χ1v) is 10.1. The highest BCUT2D eigenvalue weighted by atomic mass is 16.3. The molecular formula is C21H30O6. The van der Waals surface area contributed by atoms with Gasteiger partial charge >= 0.3 is 0 Å². The molecule has 6 nitrogen and oxygen atoms in total. The number of ketones is 2. The third-order valence-corrected chi connectivity index (χ3v) is 8.67. The Kier molecular flexibility index (Phi) is 4.25. The lowest BCUT2D eigenvalue weighted by atomic mass is 9.45. The molecule has 4 N–H and O–H groups in total. The van der Waals surface area contributed by atoms with Gasteiger partial charge in [0.1, 0.15) is 12.2 Å². The van der Waals surface area contributed by atoms with Gasteiger partial charge in [0.15, 0.2) is 11.6 Å². The molecule has 0 bridgehead atoms. The number of hydrogen-bond donors (Lipinski definition) is 4. The van der Waals surface area contributed by atoms with Crippen LogP contribution in [0.15, 0.2) is 11.6 Å². The predicted octanol–water partition coefficient (Wildman–Crippen LogP) is 0.752. The summed E-state index contributed by atoms with van der Waals surface area (Å²) in [6, 6.07) is 0. The molecule has 0 aromatic rings. The Morgan fingerprint density at radius 3 is 2.63 bits per heavy atom. The van der Waals surface area contributed by atoms with Gasteiger partial charge in [-0.05, 0) is 66.9 Å². The van der Waals surface area contributed by atoms with Crippen LogP contribution in [0, 0.1) is 28.6 Å². The van der Waals surface area contributed by atoms with Crippen LogP contribution >= 0.6 is 0 Å². The lowest BCUT2D eigenvalue weighted by molar-refractivity contribution is -0.187. The summed E-state index contributed by atoms with van der Waals surface area (Å²) in [5.41, 5.74) is -2.17. The van der Waals surface area contributed by atoms with E-state index in [1.54, 1.807) is 6.08 Å². The fraction of sp³-hybridized carbons (Fsp3) is 0.810. The molecule has 0 radical (unpaired) electrons. The molecule has 0 heterocycles. The van der Waals surface area contributed by atoms with Crippen molar-refractivity contribution in [3.8, 4) is 0 Å². The number of aliphatic hydroxyl groups is 4. The highest BCUT2D eigenvalue weighted by Crippen LogP contribution is 2.67. The molecular weight excluding hydrogens is 348 g/mol. The van der Waals surface area contributed by atoms with Crippen molar-refractivity contribution in [3.63, 3.8) is 0 Å². The summed E-state index contributed by atoms with van der Waals surface area (Å²) in [6.45, 7) is 3.18. The van der Waals surface area contributed by atoms with Crippen molar-refractivity contribution in [1.82, 2.24) is 0 Å². The van der Waals surface area contributed by atoms with Gasteiger partial charge in [0, 0.05) is 11.8 Å². The highest BCUT2D eigenvalue weighted by Gasteiger charge is 2.68. The molecule has 0 aromatic heterocycles. The Morgan fingerprint density at radius 2 is 1.96 bits per heavy atom. The highest BCUT2D eigenvalue weighted by molar-refractivity contribution is 5.92. The van der Waals surface area contributed by atoms with Crippen molar-refractivity contribution in [3.05, 3.63) is 11.6 Å². The van der Waals surface area contributed by atoms with Crippen molar-refractivity contribution in [2.75, 3.05) is 6.61 Å². The van der Waals surface area contributed by atoms with Crippen molar-refractivity contribution in [2.45, 2.75) is 70.2 Å². The molecule has 1 unspecified atom stereocenters. The van der Waals surface area contributed by atoms with Crippen LogP contribution in [0.25, 0.3) is 0 Å². The summed E-state index contributed by atoms with van der Waals surface area (Å²) >= 11 is 0. The van der Waals surface area contributed by atoms with Gasteiger partial charge in [-0.2, -0.15) is 0 Å². The summed E-state index contributed by atoms with van der Waals surface area (Å²) in [6.07, 6.45) is 2.75. The first-order chi connectivity index (χ1) is 12.6. The van der Waals surface area contributed by atoms with Crippen LogP contribution in [0.4, 0.5) is 0 Å². The minimum Gasteiger partial charge on any atom is -0.393 e. The molecule has 4 rings (SSSR count). The molecule has 3 saturated carbocycles. The number of hydrogen-bond acceptors (Lipinski definition) is 6. The van der Waals surface area contributed by atoms with Gasteiger partial charge in [-0.3, -0.25) is 9.59 Å². The van der Waals surface area contributed by atoms with E-state index in [9.17, 15) is 30.0 Å². The zero-order valence-corrected chi connectivity index (χ0v) is 16.0. The SMILES string of the molecule is C[C@]12CCC(=O)C=C1[C@H](O)C[C@@H]1[C@@H]2C(O)C[C@@]2(C)[C@H]1CC[C@]2(O)C(=O)CO. The molecule has 3 fully saturated rings. The molecule has 27 heavy (non-hydrogen) atoms. The van der Waals surface area contributed by atoms with Crippen LogP contribution < -0.4 is 0 Å². The fourth-order valence-corrected chi connectivity index (χ4v) is 7.33. The summed E-state index contributed by atoms with van der Waals surface area (Å²) in [5, 5.41) is 42.6. The van der Waals surface area contributed by atoms with E-state index >= 15 is 0 Å². The average molecular weight is 378 g/mol. The topological polar surface area (TPSA) is 115 Å². The van der Waals surface area contributed by atoms with Crippen molar-refractivity contribution in [1.29, 1.82) is 0 Å². The van der Waals surface area contributed by atoms with E-state index in [-0.39, 0.29) is 36.4 Å². The van der Waals surface area contributed by atoms with Gasteiger partial charge in [0.2, 0.25) is 0 Å². The van der Waals surface area contributed by atoms with Crippen LogP contribution in [0.5, 0.6) is 0 Å². The normalized spacial score (nSPS) is 51.9. The second kappa shape index (κ2) is 5.96. The lowest BCUT2D eigenvalue weighted by Gasteiger charge is -2.61. The number of Topliss-reactive ketones (excluding diaryl/α,β-unsaturated/α-hetero) is 1. The van der Waals surface area contributed by atoms with E-state index in [1.807, 2.05) is 13.8 Å². The van der Waals surface area contributed by atoms with Crippen molar-refractivity contribution < 1.29 is 30.0 Å². The molecule has 0 amide bonds. The first-order valence-electron chi connectivity index (χ1n) is 10.1. The summed E-state index contributed by atoms with van der Waals surface area (Å²) in [5.74, 6) is -0.713. The molecule has 150 valence electrons. The smallest absolute Gasteiger partial charge is 0.190 e. The quantitative estimate of drug-likeness (QED) is 0.564. The molecule has 6 heteroatoms. The predicted molar refractivity (Wildman–Crippen MR) is 96.5 cm³/mol. The molecule has 4 aliphatic rings. The van der Waals surface area contributed by atoms with Gasteiger partial charge in [0.25, 0.3) is 0 Å². The van der Waals surface area contributed by atoms with E-state index in [0.29, 0.717) is 25.7 Å². The van der Waals surface area contributed by atoms with Gasteiger partial charge < -0.3 is 20.4 Å². The van der Waals surface area contributed by atoms with Crippen molar-refractivity contribution in [2.24, 2.45) is 28.6 Å². The Hall–Kier alpha value is -1.08. The standard InChI is InChI=1S/C21H30O6/c1-19-5-3-11(23)7-14(19)15(24)8-12-13-4-6-21(27,17(26)10-22)20(13,2)9-16(25)18(12)19/h7,12-13,15-16,18,22,24-25,27H,3-6,8-10H2,1-2H3/t12-,13-,15+,16?,18+,19-,20-,21-/m0/s1. The number of fused-ring (bicyclic) bond motifs is 5. The molecule has 0 spiro atoms. The maximum absolute atomic E-state index is 12.4. The van der Waals surface area contributed by atoms with Gasteiger partial charge in [-0.15, -0.1) is 0 Å². The van der Waals surface area contributed by atoms with Gasteiger partial charge in [0.05, 0.1) is 12.2 Å². The van der Waals surface area contributed by atoms with E-state index in [2.05, 4.69) is 0 Å². The summed E-state index contributed by atoms with van der Waals surface area (Å²) < 4.78 is 0. The van der Waals surface area contributed by atoms with Crippen LogP contribution in [-0.4, -0.2) is 56.4 Å². The zero-order chi connectivity index (χ0) is 19.8. The lowest BCUT2D eigenvalue weighted by Crippen LogP contribution is -2.63. The zero-order valence-electron chi connectivity index (χ0n) is 16.0. The number of rotatable bonds is 2. The Morgan fingerprint density at radius 1 is 1.26 bits per heavy atom. The van der Waals surface area contributed by atoms with E-state index in [0.717, 1.165) is 5.57 Å². The first kappa shape index (κ1) is 19.2. The van der Waals surface area contributed by atoms with Crippen LogP contribution in [0.2, 0.25) is 0 Å². The average Bonchev–Trinajstić information content (AvgIpc) is 2.87.